The highest BCUT2D eigenvalue weighted by Crippen LogP contribution is 2.35. The standard InChI is InChI=1S/C31H31F4N7O3/c1-4-29(43)42-11-8-19(9-12-42)40-26-15-22-25(16-27(26)44-3)37-17-38-30(22)41-24-6-5-20(13-23(24)32)45-21-7-10-36-28(14-21)39-18(2)31(33,34)35/h4-7,10,13-19,40H,1,8-9,11-12H2,2-3H3,(H,36,39)(H,37,38,41)/t18-/m1/s1. The van der Waals surface area contributed by atoms with Crippen molar-refractivity contribution in [3.63, 3.8) is 0 Å². The number of methoxy groups -OCH3 is 1. The van der Waals surface area contributed by atoms with Crippen LogP contribution in [-0.4, -0.2) is 64.2 Å². The lowest BCUT2D eigenvalue weighted by molar-refractivity contribution is -0.138. The monoisotopic (exact) mass is 625 g/mol. The molecule has 1 amide bonds. The summed E-state index contributed by atoms with van der Waals surface area (Å²) >= 11 is 0. The number of pyridine rings is 1. The first-order chi connectivity index (χ1) is 21.5. The van der Waals surface area contributed by atoms with Gasteiger partial charge in [0.05, 0.1) is 24.0 Å². The predicted molar refractivity (Wildman–Crippen MR) is 163 cm³/mol. The molecule has 2 aromatic carbocycles. The van der Waals surface area contributed by atoms with Gasteiger partial charge in [-0.15, -0.1) is 0 Å². The molecule has 1 aliphatic rings. The number of piperidine rings is 1. The molecule has 5 rings (SSSR count). The summed E-state index contributed by atoms with van der Waals surface area (Å²) in [6.07, 6.45) is 0.987. The van der Waals surface area contributed by atoms with Gasteiger partial charge < -0.3 is 30.3 Å². The third kappa shape index (κ3) is 7.51. The van der Waals surface area contributed by atoms with Crippen molar-refractivity contribution in [3.8, 4) is 17.2 Å². The molecule has 1 atom stereocenters. The van der Waals surface area contributed by atoms with E-state index in [0.717, 1.165) is 25.8 Å². The van der Waals surface area contributed by atoms with E-state index in [4.69, 9.17) is 9.47 Å². The van der Waals surface area contributed by atoms with Gasteiger partial charge in [0.2, 0.25) is 5.91 Å². The first-order valence-corrected chi connectivity index (χ1v) is 14.1. The maximum Gasteiger partial charge on any atom is 0.408 e. The Balaban J connectivity index is 1.32. The van der Waals surface area contributed by atoms with Crippen molar-refractivity contribution in [1.29, 1.82) is 0 Å². The summed E-state index contributed by atoms with van der Waals surface area (Å²) in [6, 6.07) is 8.75. The van der Waals surface area contributed by atoms with Gasteiger partial charge in [-0.3, -0.25) is 4.79 Å². The number of ether oxygens (including phenoxy) is 2. The first-order valence-electron chi connectivity index (χ1n) is 14.1. The number of nitrogens with zero attached hydrogens (tertiary/aromatic N) is 4. The third-order valence-corrected chi connectivity index (χ3v) is 7.31. The molecule has 0 aliphatic carbocycles. The number of alkyl halides is 3. The molecule has 10 nitrogen and oxygen atoms in total. The zero-order chi connectivity index (χ0) is 32.1. The molecule has 2 aromatic heterocycles. The van der Waals surface area contributed by atoms with Crippen LogP contribution in [0.5, 0.6) is 17.2 Å². The molecule has 45 heavy (non-hydrogen) atoms. The number of rotatable bonds is 10. The third-order valence-electron chi connectivity index (χ3n) is 7.31. The summed E-state index contributed by atoms with van der Waals surface area (Å²) in [5.41, 5.74) is 1.39. The molecule has 3 N–H and O–H groups in total. The number of benzene rings is 2. The highest BCUT2D eigenvalue weighted by molar-refractivity contribution is 5.95. The van der Waals surface area contributed by atoms with Gasteiger partial charge in [-0.1, -0.05) is 6.58 Å². The Hall–Kier alpha value is -5.14. The fraction of sp³-hybridized carbons (Fsp3) is 0.290. The van der Waals surface area contributed by atoms with E-state index in [0.29, 0.717) is 41.2 Å². The van der Waals surface area contributed by atoms with Crippen molar-refractivity contribution in [2.24, 2.45) is 0 Å². The Kier molecular flexibility index (Phi) is 9.21. The van der Waals surface area contributed by atoms with Crippen LogP contribution >= 0.6 is 0 Å². The number of amides is 1. The van der Waals surface area contributed by atoms with Crippen LogP contribution in [0.3, 0.4) is 0 Å². The largest absolute Gasteiger partial charge is 0.495 e. The van der Waals surface area contributed by atoms with E-state index in [1.165, 1.54) is 42.9 Å². The fourth-order valence-electron chi connectivity index (χ4n) is 4.84. The van der Waals surface area contributed by atoms with Crippen molar-refractivity contribution in [3.05, 3.63) is 73.5 Å². The van der Waals surface area contributed by atoms with E-state index in [9.17, 15) is 18.0 Å². The first kappa shape index (κ1) is 31.3. The Morgan fingerprint density at radius 1 is 1.07 bits per heavy atom. The maximum atomic E-state index is 15.2. The number of anilines is 4. The van der Waals surface area contributed by atoms with Crippen LogP contribution in [0.4, 0.5) is 40.6 Å². The molecule has 0 radical (unpaired) electrons. The van der Waals surface area contributed by atoms with Crippen LogP contribution in [0, 0.1) is 5.82 Å². The Morgan fingerprint density at radius 3 is 2.51 bits per heavy atom. The van der Waals surface area contributed by atoms with Crippen LogP contribution in [-0.2, 0) is 4.79 Å². The predicted octanol–water partition coefficient (Wildman–Crippen LogP) is 6.66. The Bertz CT molecular complexity index is 1690. The Morgan fingerprint density at radius 2 is 1.82 bits per heavy atom. The van der Waals surface area contributed by atoms with Crippen molar-refractivity contribution >= 4 is 39.8 Å². The summed E-state index contributed by atoms with van der Waals surface area (Å²) in [7, 11) is 1.56. The number of likely N-dealkylation sites (tertiary alicyclic amines) is 1. The van der Waals surface area contributed by atoms with Crippen molar-refractivity contribution in [2.45, 2.75) is 38.0 Å². The molecule has 1 fully saturated rings. The zero-order valence-electron chi connectivity index (χ0n) is 24.5. The second-order valence-corrected chi connectivity index (χ2v) is 10.4. The number of hydrogen-bond donors (Lipinski definition) is 3. The average molecular weight is 626 g/mol. The number of nitrogens with one attached hydrogen (secondary N) is 3. The van der Waals surface area contributed by atoms with Crippen molar-refractivity contribution in [1.82, 2.24) is 19.9 Å². The van der Waals surface area contributed by atoms with E-state index in [-0.39, 0.29) is 35.0 Å². The number of carbonyl (C=O) groups is 1. The molecule has 236 valence electrons. The second-order valence-electron chi connectivity index (χ2n) is 10.4. The molecule has 4 aromatic rings. The number of fused-ring (bicyclic) bond motifs is 1. The molecule has 0 bridgehead atoms. The minimum Gasteiger partial charge on any atom is -0.495 e. The topological polar surface area (TPSA) is 114 Å². The molecule has 14 heteroatoms. The number of hydrogen-bond acceptors (Lipinski definition) is 9. The van der Waals surface area contributed by atoms with Gasteiger partial charge in [-0.05, 0) is 50.1 Å². The van der Waals surface area contributed by atoms with Gasteiger partial charge in [-0.25, -0.2) is 19.3 Å². The van der Waals surface area contributed by atoms with Gasteiger partial charge in [0.1, 0.15) is 47.1 Å². The number of aromatic nitrogens is 3. The summed E-state index contributed by atoms with van der Waals surface area (Å²) in [5.74, 6) is 0.463. The smallest absolute Gasteiger partial charge is 0.408 e. The van der Waals surface area contributed by atoms with E-state index < -0.39 is 18.0 Å². The van der Waals surface area contributed by atoms with Crippen LogP contribution in [0.1, 0.15) is 19.8 Å². The van der Waals surface area contributed by atoms with Gasteiger partial charge in [0.25, 0.3) is 0 Å². The quantitative estimate of drug-likeness (QED) is 0.132. The normalized spacial score (nSPS) is 14.5. The van der Waals surface area contributed by atoms with Gasteiger partial charge in [0, 0.05) is 48.9 Å². The van der Waals surface area contributed by atoms with E-state index in [1.807, 2.05) is 6.07 Å². The lowest BCUT2D eigenvalue weighted by Crippen LogP contribution is -2.41. The molecule has 1 aliphatic heterocycles. The maximum absolute atomic E-state index is 15.2. The van der Waals surface area contributed by atoms with Gasteiger partial charge in [0.15, 0.2) is 0 Å². The van der Waals surface area contributed by atoms with E-state index >= 15 is 4.39 Å². The molecule has 0 unspecified atom stereocenters. The summed E-state index contributed by atoms with van der Waals surface area (Å²) in [4.78, 5) is 26.3. The average Bonchev–Trinajstić information content (AvgIpc) is 3.02. The highest BCUT2D eigenvalue weighted by Gasteiger charge is 2.36. The molecule has 0 spiro atoms. The van der Waals surface area contributed by atoms with Crippen LogP contribution in [0.2, 0.25) is 0 Å². The summed E-state index contributed by atoms with van der Waals surface area (Å²) in [6.45, 7) is 5.73. The van der Waals surface area contributed by atoms with Crippen LogP contribution in [0.15, 0.2) is 67.6 Å². The molecule has 0 saturated carbocycles. The summed E-state index contributed by atoms with van der Waals surface area (Å²) in [5, 5.41) is 9.40. The fourth-order valence-corrected chi connectivity index (χ4v) is 4.84. The molecular formula is C31H31F4N7O3. The minimum absolute atomic E-state index is 0.0366. The van der Waals surface area contributed by atoms with E-state index in [1.54, 1.807) is 18.1 Å². The SMILES string of the molecule is C=CC(=O)N1CCC(Nc2cc3c(Nc4ccc(Oc5ccnc(N[C@H](C)C(F)(F)F)c5)cc4F)ncnc3cc2OC)CC1. The lowest BCUT2D eigenvalue weighted by atomic mass is 10.0. The number of halogens is 4. The van der Waals surface area contributed by atoms with Crippen LogP contribution < -0.4 is 25.4 Å². The Labute approximate surface area is 256 Å². The minimum atomic E-state index is -4.45. The lowest BCUT2D eigenvalue weighted by Gasteiger charge is -2.32. The van der Waals surface area contributed by atoms with Crippen LogP contribution in [0.25, 0.3) is 10.9 Å². The summed E-state index contributed by atoms with van der Waals surface area (Å²) < 4.78 is 65.2. The van der Waals surface area contributed by atoms with E-state index in [2.05, 4.69) is 37.5 Å². The highest BCUT2D eigenvalue weighted by atomic mass is 19.4. The number of carbonyl (C=O) groups excluding carboxylic acids is 1. The van der Waals surface area contributed by atoms with Crippen molar-refractivity contribution in [2.75, 3.05) is 36.1 Å². The van der Waals surface area contributed by atoms with Gasteiger partial charge >= 0.3 is 6.18 Å². The van der Waals surface area contributed by atoms with Crippen molar-refractivity contribution < 1.29 is 31.8 Å². The molecule has 3 heterocycles. The second kappa shape index (κ2) is 13.2. The molecule has 1 saturated heterocycles. The molecular weight excluding hydrogens is 594 g/mol. The van der Waals surface area contributed by atoms with Gasteiger partial charge in [-0.2, -0.15) is 13.2 Å². The zero-order valence-corrected chi connectivity index (χ0v) is 24.5.